The SMILES string of the molecule is C[C@H]1CCc2ccccc2N1C(=O)CSc1nc(N)cc(N)n1. The van der Waals surface area contributed by atoms with E-state index < -0.39 is 0 Å². The van der Waals surface area contributed by atoms with Gasteiger partial charge in [0.1, 0.15) is 11.6 Å². The molecule has 0 fully saturated rings. The molecule has 3 rings (SSSR count). The van der Waals surface area contributed by atoms with Gasteiger partial charge in [-0.15, -0.1) is 0 Å². The average molecular weight is 329 g/mol. The maximum Gasteiger partial charge on any atom is 0.237 e. The van der Waals surface area contributed by atoms with Crippen LogP contribution >= 0.6 is 11.8 Å². The number of amides is 1. The zero-order chi connectivity index (χ0) is 16.4. The summed E-state index contributed by atoms with van der Waals surface area (Å²) in [6, 6.07) is 9.74. The summed E-state index contributed by atoms with van der Waals surface area (Å²) in [5.74, 6) is 0.911. The number of aryl methyl sites for hydroxylation is 1. The van der Waals surface area contributed by atoms with Crippen molar-refractivity contribution in [3.8, 4) is 0 Å². The Kier molecular flexibility index (Phi) is 4.38. The Morgan fingerprint density at radius 1 is 1.30 bits per heavy atom. The molecule has 0 unspecified atom stereocenters. The van der Waals surface area contributed by atoms with Gasteiger partial charge in [0.05, 0.1) is 5.75 Å². The number of aromatic nitrogens is 2. The Labute approximate surface area is 139 Å². The first kappa shape index (κ1) is 15.6. The molecule has 1 aliphatic heterocycles. The van der Waals surface area contributed by atoms with Gasteiger partial charge in [-0.05, 0) is 31.4 Å². The van der Waals surface area contributed by atoms with Crippen molar-refractivity contribution in [3.63, 3.8) is 0 Å². The predicted molar refractivity (Wildman–Crippen MR) is 93.3 cm³/mol. The van der Waals surface area contributed by atoms with Gasteiger partial charge in [-0.3, -0.25) is 4.79 Å². The van der Waals surface area contributed by atoms with E-state index in [1.165, 1.54) is 23.4 Å². The molecule has 6 nitrogen and oxygen atoms in total. The first-order chi connectivity index (χ1) is 11.0. The fourth-order valence-corrected chi connectivity index (χ4v) is 3.52. The van der Waals surface area contributed by atoms with Crippen LogP contribution in [0.2, 0.25) is 0 Å². The van der Waals surface area contributed by atoms with Crippen LogP contribution in [0.5, 0.6) is 0 Å². The number of nitrogens with zero attached hydrogens (tertiary/aromatic N) is 3. The smallest absolute Gasteiger partial charge is 0.237 e. The van der Waals surface area contributed by atoms with Crippen molar-refractivity contribution in [3.05, 3.63) is 35.9 Å². The van der Waals surface area contributed by atoms with E-state index in [1.54, 1.807) is 0 Å². The van der Waals surface area contributed by atoms with Crippen LogP contribution in [-0.2, 0) is 11.2 Å². The van der Waals surface area contributed by atoms with Gasteiger partial charge >= 0.3 is 0 Å². The van der Waals surface area contributed by atoms with Gasteiger partial charge in [-0.1, -0.05) is 30.0 Å². The van der Waals surface area contributed by atoms with E-state index >= 15 is 0 Å². The highest BCUT2D eigenvalue weighted by Crippen LogP contribution is 2.31. The second-order valence-electron chi connectivity index (χ2n) is 5.57. The summed E-state index contributed by atoms with van der Waals surface area (Å²) in [4.78, 5) is 22.8. The van der Waals surface area contributed by atoms with Crippen LogP contribution in [0.4, 0.5) is 17.3 Å². The Morgan fingerprint density at radius 3 is 2.74 bits per heavy atom. The average Bonchev–Trinajstić information content (AvgIpc) is 2.51. The lowest BCUT2D eigenvalue weighted by Gasteiger charge is -2.35. The maximum absolute atomic E-state index is 12.7. The predicted octanol–water partition coefficient (Wildman–Crippen LogP) is 2.10. The van der Waals surface area contributed by atoms with Crippen LogP contribution in [0.25, 0.3) is 0 Å². The highest BCUT2D eigenvalue weighted by atomic mass is 32.2. The Balaban J connectivity index is 1.75. The van der Waals surface area contributed by atoms with Gasteiger partial charge in [-0.25, -0.2) is 9.97 Å². The van der Waals surface area contributed by atoms with Crippen molar-refractivity contribution in [1.29, 1.82) is 0 Å². The quantitative estimate of drug-likeness (QED) is 0.661. The number of carbonyl (C=O) groups excluding carboxylic acids is 1. The molecule has 7 heteroatoms. The van der Waals surface area contributed by atoms with Crippen molar-refractivity contribution < 1.29 is 4.79 Å². The number of nitrogen functional groups attached to an aromatic ring is 2. The minimum Gasteiger partial charge on any atom is -0.383 e. The van der Waals surface area contributed by atoms with E-state index in [-0.39, 0.29) is 17.7 Å². The third-order valence-corrected chi connectivity index (χ3v) is 4.69. The first-order valence-electron chi connectivity index (χ1n) is 7.47. The van der Waals surface area contributed by atoms with Gasteiger partial charge in [0.15, 0.2) is 5.16 Å². The Hall–Kier alpha value is -2.28. The van der Waals surface area contributed by atoms with Gasteiger partial charge in [-0.2, -0.15) is 0 Å². The lowest BCUT2D eigenvalue weighted by molar-refractivity contribution is -0.116. The molecule has 2 heterocycles. The summed E-state index contributed by atoms with van der Waals surface area (Å²) in [5.41, 5.74) is 13.5. The summed E-state index contributed by atoms with van der Waals surface area (Å²) < 4.78 is 0. The molecule has 0 spiro atoms. The highest BCUT2D eigenvalue weighted by molar-refractivity contribution is 7.99. The second kappa shape index (κ2) is 6.45. The monoisotopic (exact) mass is 329 g/mol. The molecule has 1 atom stereocenters. The number of thioether (sulfide) groups is 1. The number of benzene rings is 1. The standard InChI is InChI=1S/C16H19N5OS/c1-10-6-7-11-4-2-3-5-12(11)21(10)15(22)9-23-16-19-13(17)8-14(18)20-16/h2-5,8,10H,6-7,9H2,1H3,(H4,17,18,19,20)/t10-/m0/s1. The molecule has 1 aromatic heterocycles. The number of nitrogens with two attached hydrogens (primary N) is 2. The number of rotatable bonds is 3. The molecular formula is C16H19N5OS. The minimum absolute atomic E-state index is 0.0410. The van der Waals surface area contributed by atoms with Gasteiger partial charge in [0.2, 0.25) is 5.91 Å². The van der Waals surface area contributed by atoms with E-state index in [9.17, 15) is 4.79 Å². The Bertz CT molecular complexity index is 716. The van der Waals surface area contributed by atoms with E-state index in [4.69, 9.17) is 11.5 Å². The van der Waals surface area contributed by atoms with Crippen molar-refractivity contribution >= 4 is 35.0 Å². The second-order valence-corrected chi connectivity index (χ2v) is 6.51. The summed E-state index contributed by atoms with van der Waals surface area (Å²) >= 11 is 1.25. The number of carbonyl (C=O) groups is 1. The lowest BCUT2D eigenvalue weighted by atomic mass is 9.97. The lowest BCUT2D eigenvalue weighted by Crippen LogP contribution is -2.43. The van der Waals surface area contributed by atoms with Crippen LogP contribution in [0.15, 0.2) is 35.5 Å². The summed E-state index contributed by atoms with van der Waals surface area (Å²) in [6.07, 6.45) is 1.97. The number of anilines is 3. The maximum atomic E-state index is 12.7. The van der Waals surface area contributed by atoms with Gasteiger partial charge in [0.25, 0.3) is 0 Å². The molecule has 0 radical (unpaired) electrons. The van der Waals surface area contributed by atoms with Crippen LogP contribution < -0.4 is 16.4 Å². The molecule has 120 valence electrons. The zero-order valence-electron chi connectivity index (χ0n) is 12.9. The molecule has 1 amide bonds. The van der Waals surface area contributed by atoms with Crippen molar-refractivity contribution in [1.82, 2.24) is 9.97 Å². The molecule has 0 aliphatic carbocycles. The first-order valence-corrected chi connectivity index (χ1v) is 8.46. The van der Waals surface area contributed by atoms with E-state index in [0.717, 1.165) is 18.5 Å². The molecule has 4 N–H and O–H groups in total. The molecule has 2 aromatic rings. The highest BCUT2D eigenvalue weighted by Gasteiger charge is 2.27. The van der Waals surface area contributed by atoms with E-state index in [2.05, 4.69) is 23.0 Å². The molecular weight excluding hydrogens is 310 g/mol. The summed E-state index contributed by atoms with van der Waals surface area (Å²) in [5, 5.41) is 0.425. The fourth-order valence-electron chi connectivity index (χ4n) is 2.79. The van der Waals surface area contributed by atoms with Crippen molar-refractivity contribution in [2.75, 3.05) is 22.1 Å². The van der Waals surface area contributed by atoms with Gasteiger partial charge < -0.3 is 16.4 Å². The number of hydrogen-bond acceptors (Lipinski definition) is 6. The number of fused-ring (bicyclic) bond motifs is 1. The van der Waals surface area contributed by atoms with Crippen LogP contribution in [0.3, 0.4) is 0 Å². The fraction of sp³-hybridized carbons (Fsp3) is 0.312. The number of para-hydroxylation sites is 1. The topological polar surface area (TPSA) is 98.1 Å². The van der Waals surface area contributed by atoms with E-state index in [0.29, 0.717) is 16.8 Å². The molecule has 1 aromatic carbocycles. The largest absolute Gasteiger partial charge is 0.383 e. The van der Waals surface area contributed by atoms with E-state index in [1.807, 2.05) is 23.1 Å². The van der Waals surface area contributed by atoms with Crippen LogP contribution in [0, 0.1) is 0 Å². The minimum atomic E-state index is 0.0410. The van der Waals surface area contributed by atoms with Crippen molar-refractivity contribution in [2.24, 2.45) is 0 Å². The Morgan fingerprint density at radius 2 is 2.00 bits per heavy atom. The van der Waals surface area contributed by atoms with Gasteiger partial charge in [0, 0.05) is 17.8 Å². The summed E-state index contributed by atoms with van der Waals surface area (Å²) in [6.45, 7) is 2.08. The number of hydrogen-bond donors (Lipinski definition) is 2. The van der Waals surface area contributed by atoms with Crippen molar-refractivity contribution in [2.45, 2.75) is 31.0 Å². The normalized spacial score (nSPS) is 16.9. The van der Waals surface area contributed by atoms with Crippen LogP contribution in [0.1, 0.15) is 18.9 Å². The third-order valence-electron chi connectivity index (χ3n) is 3.86. The van der Waals surface area contributed by atoms with Crippen LogP contribution in [-0.4, -0.2) is 27.7 Å². The summed E-state index contributed by atoms with van der Waals surface area (Å²) in [7, 11) is 0. The zero-order valence-corrected chi connectivity index (χ0v) is 13.7. The molecule has 1 aliphatic rings. The molecule has 23 heavy (non-hydrogen) atoms. The third kappa shape index (κ3) is 3.39. The molecule has 0 saturated heterocycles. The molecule has 0 saturated carbocycles. The molecule has 0 bridgehead atoms.